The fourth-order valence-corrected chi connectivity index (χ4v) is 2.59. The second-order valence-corrected chi connectivity index (χ2v) is 5.34. The van der Waals surface area contributed by atoms with Gasteiger partial charge in [-0.3, -0.25) is 4.68 Å². The number of rotatable bonds is 5. The Morgan fingerprint density at radius 2 is 1.94 bits per heavy atom. The second-order valence-electron chi connectivity index (χ2n) is 4.00. The quantitative estimate of drug-likeness (QED) is 0.841. The monoisotopic (exact) mass is 261 g/mol. The second kappa shape index (κ2) is 6.07. The Kier molecular flexibility index (Phi) is 4.44. The third-order valence-electron chi connectivity index (χ3n) is 2.83. The Morgan fingerprint density at radius 3 is 2.44 bits per heavy atom. The standard InChI is InChI=1S/C14H19N3S/c1-3-17-12(10-15)9-14(16-17)11-5-7-13(8-6-11)18-4-2/h5-9H,3-4,10,15H2,1-2H3. The first-order valence-electron chi connectivity index (χ1n) is 6.28. The van der Waals surface area contributed by atoms with Gasteiger partial charge in [0.15, 0.2) is 0 Å². The molecule has 2 N–H and O–H groups in total. The first-order chi connectivity index (χ1) is 8.78. The van der Waals surface area contributed by atoms with E-state index in [9.17, 15) is 0 Å². The lowest BCUT2D eigenvalue weighted by Crippen LogP contribution is -2.06. The van der Waals surface area contributed by atoms with Crippen LogP contribution < -0.4 is 5.73 Å². The Labute approximate surface area is 112 Å². The van der Waals surface area contributed by atoms with E-state index in [1.807, 2.05) is 16.4 Å². The van der Waals surface area contributed by atoms with E-state index in [0.29, 0.717) is 6.54 Å². The van der Waals surface area contributed by atoms with E-state index < -0.39 is 0 Å². The summed E-state index contributed by atoms with van der Waals surface area (Å²) in [6.45, 7) is 5.63. The molecule has 0 aliphatic heterocycles. The Bertz CT molecular complexity index is 481. The van der Waals surface area contributed by atoms with Gasteiger partial charge in [-0.2, -0.15) is 5.10 Å². The van der Waals surface area contributed by atoms with Gasteiger partial charge in [-0.15, -0.1) is 11.8 Å². The topological polar surface area (TPSA) is 43.8 Å². The van der Waals surface area contributed by atoms with Crippen LogP contribution in [-0.2, 0) is 13.1 Å². The number of hydrogen-bond acceptors (Lipinski definition) is 3. The lowest BCUT2D eigenvalue weighted by Gasteiger charge is -2.01. The van der Waals surface area contributed by atoms with Crippen molar-refractivity contribution in [1.29, 1.82) is 0 Å². The van der Waals surface area contributed by atoms with E-state index in [0.717, 1.165) is 29.2 Å². The molecule has 96 valence electrons. The van der Waals surface area contributed by atoms with E-state index in [4.69, 9.17) is 5.73 Å². The molecule has 2 rings (SSSR count). The summed E-state index contributed by atoms with van der Waals surface area (Å²) >= 11 is 1.85. The lowest BCUT2D eigenvalue weighted by atomic mass is 10.1. The number of nitrogens with two attached hydrogens (primary N) is 1. The summed E-state index contributed by atoms with van der Waals surface area (Å²) in [5.41, 5.74) is 8.96. The summed E-state index contributed by atoms with van der Waals surface area (Å²) in [5, 5.41) is 4.58. The average molecular weight is 261 g/mol. The van der Waals surface area contributed by atoms with Crippen LogP contribution >= 0.6 is 11.8 Å². The molecule has 0 saturated heterocycles. The van der Waals surface area contributed by atoms with Gasteiger partial charge in [0.05, 0.1) is 11.4 Å². The maximum atomic E-state index is 5.72. The minimum absolute atomic E-state index is 0.532. The molecule has 0 fully saturated rings. The Balaban J connectivity index is 2.27. The van der Waals surface area contributed by atoms with Crippen molar-refractivity contribution in [3.05, 3.63) is 36.0 Å². The molecule has 0 unspecified atom stereocenters. The molecule has 2 aromatic rings. The van der Waals surface area contributed by atoms with Crippen LogP contribution in [0.1, 0.15) is 19.5 Å². The highest BCUT2D eigenvalue weighted by Crippen LogP contribution is 2.23. The van der Waals surface area contributed by atoms with Crippen molar-refractivity contribution in [3.8, 4) is 11.3 Å². The minimum atomic E-state index is 0.532. The van der Waals surface area contributed by atoms with Gasteiger partial charge in [0.25, 0.3) is 0 Å². The van der Waals surface area contributed by atoms with Crippen LogP contribution in [0.25, 0.3) is 11.3 Å². The first-order valence-corrected chi connectivity index (χ1v) is 7.27. The van der Waals surface area contributed by atoms with Crippen molar-refractivity contribution in [1.82, 2.24) is 9.78 Å². The highest BCUT2D eigenvalue weighted by atomic mass is 32.2. The largest absolute Gasteiger partial charge is 0.325 e. The van der Waals surface area contributed by atoms with E-state index in [1.54, 1.807) is 0 Å². The van der Waals surface area contributed by atoms with Gasteiger partial charge in [0.2, 0.25) is 0 Å². The van der Waals surface area contributed by atoms with Gasteiger partial charge in [-0.05, 0) is 30.9 Å². The molecule has 0 radical (unpaired) electrons. The molecule has 18 heavy (non-hydrogen) atoms. The molecule has 1 aromatic carbocycles. The number of benzene rings is 1. The fourth-order valence-electron chi connectivity index (χ4n) is 1.92. The zero-order chi connectivity index (χ0) is 13.0. The summed E-state index contributed by atoms with van der Waals surface area (Å²) in [4.78, 5) is 1.30. The minimum Gasteiger partial charge on any atom is -0.325 e. The highest BCUT2D eigenvalue weighted by Gasteiger charge is 2.07. The Morgan fingerprint density at radius 1 is 1.22 bits per heavy atom. The molecule has 0 aliphatic rings. The van der Waals surface area contributed by atoms with Crippen LogP contribution in [0.3, 0.4) is 0 Å². The predicted octanol–water partition coefficient (Wildman–Crippen LogP) is 3.14. The van der Waals surface area contributed by atoms with Gasteiger partial charge in [-0.25, -0.2) is 0 Å². The summed E-state index contributed by atoms with van der Waals surface area (Å²) in [5.74, 6) is 1.10. The third-order valence-corrected chi connectivity index (χ3v) is 3.73. The van der Waals surface area contributed by atoms with E-state index >= 15 is 0 Å². The van der Waals surface area contributed by atoms with Crippen molar-refractivity contribution in [3.63, 3.8) is 0 Å². The normalized spacial score (nSPS) is 10.8. The van der Waals surface area contributed by atoms with Crippen LogP contribution in [0.4, 0.5) is 0 Å². The maximum Gasteiger partial charge on any atom is 0.0926 e. The SMILES string of the molecule is CCSc1ccc(-c2cc(CN)n(CC)n2)cc1. The highest BCUT2D eigenvalue weighted by molar-refractivity contribution is 7.99. The summed E-state index contributed by atoms with van der Waals surface area (Å²) in [6, 6.07) is 10.6. The van der Waals surface area contributed by atoms with Gasteiger partial charge >= 0.3 is 0 Å². The maximum absolute atomic E-state index is 5.72. The molecule has 1 aromatic heterocycles. The van der Waals surface area contributed by atoms with Crippen molar-refractivity contribution >= 4 is 11.8 Å². The van der Waals surface area contributed by atoms with Crippen molar-refractivity contribution in [2.45, 2.75) is 31.8 Å². The summed E-state index contributed by atoms with van der Waals surface area (Å²) in [7, 11) is 0. The summed E-state index contributed by atoms with van der Waals surface area (Å²) in [6.07, 6.45) is 0. The zero-order valence-corrected chi connectivity index (χ0v) is 11.7. The molecular formula is C14H19N3S. The Hall–Kier alpha value is -1.26. The van der Waals surface area contributed by atoms with Crippen LogP contribution in [0.2, 0.25) is 0 Å². The van der Waals surface area contributed by atoms with Crippen molar-refractivity contribution in [2.24, 2.45) is 5.73 Å². The number of aromatic nitrogens is 2. The molecule has 0 aliphatic carbocycles. The molecule has 0 atom stereocenters. The number of nitrogens with zero attached hydrogens (tertiary/aromatic N) is 2. The smallest absolute Gasteiger partial charge is 0.0926 e. The van der Waals surface area contributed by atoms with E-state index in [1.165, 1.54) is 4.90 Å². The number of aryl methyl sites for hydroxylation is 1. The van der Waals surface area contributed by atoms with Crippen LogP contribution in [0.15, 0.2) is 35.2 Å². The van der Waals surface area contributed by atoms with Crippen LogP contribution in [-0.4, -0.2) is 15.5 Å². The number of thioether (sulfide) groups is 1. The average Bonchev–Trinajstić information content (AvgIpc) is 2.83. The van der Waals surface area contributed by atoms with Gasteiger partial charge in [0, 0.05) is 23.5 Å². The molecular weight excluding hydrogens is 242 g/mol. The van der Waals surface area contributed by atoms with Crippen molar-refractivity contribution in [2.75, 3.05) is 5.75 Å². The van der Waals surface area contributed by atoms with E-state index in [2.05, 4.69) is 49.3 Å². The number of hydrogen-bond donors (Lipinski definition) is 1. The van der Waals surface area contributed by atoms with E-state index in [-0.39, 0.29) is 0 Å². The van der Waals surface area contributed by atoms with Gasteiger partial charge in [0.1, 0.15) is 0 Å². The van der Waals surface area contributed by atoms with Crippen molar-refractivity contribution < 1.29 is 0 Å². The third kappa shape index (κ3) is 2.76. The van der Waals surface area contributed by atoms with Gasteiger partial charge < -0.3 is 5.73 Å². The fraction of sp³-hybridized carbons (Fsp3) is 0.357. The molecule has 0 saturated carbocycles. The zero-order valence-electron chi connectivity index (χ0n) is 10.9. The molecule has 0 bridgehead atoms. The van der Waals surface area contributed by atoms with Gasteiger partial charge in [-0.1, -0.05) is 19.1 Å². The summed E-state index contributed by atoms with van der Waals surface area (Å²) < 4.78 is 1.96. The molecule has 0 amide bonds. The molecule has 4 heteroatoms. The molecule has 0 spiro atoms. The lowest BCUT2D eigenvalue weighted by molar-refractivity contribution is 0.624. The predicted molar refractivity (Wildman–Crippen MR) is 77.6 cm³/mol. The molecule has 1 heterocycles. The van der Waals surface area contributed by atoms with Crippen LogP contribution in [0.5, 0.6) is 0 Å². The van der Waals surface area contributed by atoms with Crippen LogP contribution in [0, 0.1) is 0 Å². The molecule has 3 nitrogen and oxygen atoms in total. The first kappa shape index (κ1) is 13.2.